The van der Waals surface area contributed by atoms with Gasteiger partial charge in [0.2, 0.25) is 5.89 Å². The third-order valence-electron chi connectivity index (χ3n) is 9.62. The molecule has 13 heteroatoms. The minimum atomic E-state index is -1.13. The highest BCUT2D eigenvalue weighted by atomic mass is 35.5. The third-order valence-corrected chi connectivity index (χ3v) is 10.2. The fraction of sp³-hybridized carbons (Fsp3) is 0.528. The number of rotatable bonds is 10. The van der Waals surface area contributed by atoms with Crippen molar-refractivity contribution in [2.75, 3.05) is 0 Å². The second kappa shape index (κ2) is 16.0. The van der Waals surface area contributed by atoms with Crippen molar-refractivity contribution in [1.82, 2.24) is 15.1 Å². The lowest BCUT2D eigenvalue weighted by Crippen LogP contribution is -2.44. The molecule has 0 saturated heterocycles. The van der Waals surface area contributed by atoms with Crippen LogP contribution in [0.3, 0.4) is 0 Å². The zero-order chi connectivity index (χ0) is 35.3. The molecular formula is C36H41Cl2N3O8. The molecule has 49 heavy (non-hydrogen) atoms. The van der Waals surface area contributed by atoms with Gasteiger partial charge in [0.1, 0.15) is 34.4 Å². The molecule has 3 heterocycles. The van der Waals surface area contributed by atoms with Crippen molar-refractivity contribution in [3.05, 3.63) is 74.8 Å². The fourth-order valence-corrected chi connectivity index (χ4v) is 7.62. The second-order valence-electron chi connectivity index (χ2n) is 13.0. The number of hydrogen-bond acceptors (Lipinski definition) is 11. The fourth-order valence-electron chi connectivity index (χ4n) is 7.04. The Morgan fingerprint density at radius 1 is 1.06 bits per heavy atom. The molecule has 11 nitrogen and oxygen atoms in total. The van der Waals surface area contributed by atoms with Crippen LogP contribution < -0.4 is 0 Å². The minimum Gasteiger partial charge on any atom is -0.449 e. The van der Waals surface area contributed by atoms with Crippen molar-refractivity contribution >= 4 is 35.1 Å². The highest BCUT2D eigenvalue weighted by Gasteiger charge is 2.57. The number of fused-ring (bicyclic) bond motifs is 2. The molecule has 4 aromatic rings. The first-order chi connectivity index (χ1) is 23.5. The third kappa shape index (κ3) is 8.08. The van der Waals surface area contributed by atoms with Crippen molar-refractivity contribution < 1.29 is 37.6 Å². The van der Waals surface area contributed by atoms with Crippen LogP contribution in [0.2, 0.25) is 10.0 Å². The lowest BCUT2D eigenvalue weighted by atomic mass is 9.73. The van der Waals surface area contributed by atoms with Crippen molar-refractivity contribution in [3.8, 4) is 11.3 Å². The Labute approximate surface area is 294 Å². The Morgan fingerprint density at radius 2 is 1.71 bits per heavy atom. The van der Waals surface area contributed by atoms with Crippen molar-refractivity contribution in [2.45, 2.75) is 110 Å². The van der Waals surface area contributed by atoms with Crippen LogP contribution in [0.5, 0.6) is 0 Å². The Morgan fingerprint density at radius 3 is 2.27 bits per heavy atom. The van der Waals surface area contributed by atoms with Crippen LogP contribution in [-0.4, -0.2) is 38.3 Å². The van der Waals surface area contributed by atoms with Gasteiger partial charge in [-0.05, 0) is 89.7 Å². The number of aromatic nitrogens is 3. The summed E-state index contributed by atoms with van der Waals surface area (Å²) >= 11 is 13.0. The predicted octanol–water partition coefficient (Wildman–Crippen LogP) is 7.90. The van der Waals surface area contributed by atoms with E-state index in [0.29, 0.717) is 64.0 Å². The Bertz CT molecular complexity index is 1750. The summed E-state index contributed by atoms with van der Waals surface area (Å²) in [4.78, 5) is 36.5. The molecule has 4 atom stereocenters. The predicted molar refractivity (Wildman–Crippen MR) is 178 cm³/mol. The summed E-state index contributed by atoms with van der Waals surface area (Å²) in [7, 11) is 0. The van der Waals surface area contributed by atoms with E-state index in [-0.39, 0.29) is 36.3 Å². The summed E-state index contributed by atoms with van der Waals surface area (Å²) in [5, 5.41) is 17.2. The molecule has 7 rings (SSSR count). The summed E-state index contributed by atoms with van der Waals surface area (Å²) < 4.78 is 23.2. The summed E-state index contributed by atoms with van der Waals surface area (Å²) in [5.41, 5.74) is 2.78. The second-order valence-corrected chi connectivity index (χ2v) is 13.8. The molecule has 3 aliphatic rings. The van der Waals surface area contributed by atoms with Gasteiger partial charge in [-0.1, -0.05) is 47.8 Å². The van der Waals surface area contributed by atoms with Crippen molar-refractivity contribution in [2.24, 2.45) is 11.8 Å². The molecule has 262 valence electrons. The van der Waals surface area contributed by atoms with Crippen LogP contribution >= 0.6 is 23.2 Å². The number of aliphatic hydroxyl groups is 1. The number of benzene rings is 1. The highest BCUT2D eigenvalue weighted by Crippen LogP contribution is 2.56. The van der Waals surface area contributed by atoms with Gasteiger partial charge in [-0.2, -0.15) is 9.59 Å². The highest BCUT2D eigenvalue weighted by molar-refractivity contribution is 6.39. The number of ether oxygens (including phenoxy) is 1. The molecule has 2 bridgehead atoms. The number of nitrogens with zero attached hydrogens (tertiary/aromatic N) is 3. The molecule has 2 unspecified atom stereocenters. The van der Waals surface area contributed by atoms with Crippen molar-refractivity contribution in [3.63, 3.8) is 0 Å². The van der Waals surface area contributed by atoms with Crippen LogP contribution in [0, 0.1) is 25.7 Å². The number of carbonyl (C=O) groups is 1. The van der Waals surface area contributed by atoms with E-state index in [1.54, 1.807) is 19.1 Å². The molecule has 3 aromatic heterocycles. The number of Topliss-reactive ketones (excluding diaryl/α,β-unsaturated/α-hetero) is 1. The van der Waals surface area contributed by atoms with E-state index < -0.39 is 5.60 Å². The van der Waals surface area contributed by atoms with Gasteiger partial charge in [-0.3, -0.25) is 4.79 Å². The molecule has 1 aromatic carbocycles. The van der Waals surface area contributed by atoms with E-state index >= 15 is 0 Å². The number of aryl methyl sites for hydroxylation is 3. The van der Waals surface area contributed by atoms with Crippen LogP contribution in [-0.2, 0) is 44.2 Å². The maximum absolute atomic E-state index is 11.8. The maximum Gasteiger partial charge on any atom is 0.373 e. The van der Waals surface area contributed by atoms with Gasteiger partial charge in [0.25, 0.3) is 0 Å². The zero-order valence-corrected chi connectivity index (χ0v) is 29.6. The monoisotopic (exact) mass is 713 g/mol. The summed E-state index contributed by atoms with van der Waals surface area (Å²) in [6.07, 6.45) is 9.39. The van der Waals surface area contributed by atoms with Gasteiger partial charge >= 0.3 is 6.15 Å². The molecule has 0 amide bonds. The first-order valence-electron chi connectivity index (χ1n) is 16.6. The molecule has 3 aliphatic carbocycles. The molecule has 1 N–H and O–H groups in total. The number of carbonyl (C=O) groups excluding carboxylic acids is 3. The quantitative estimate of drug-likeness (QED) is 0.170. The Kier molecular flexibility index (Phi) is 11.9. The van der Waals surface area contributed by atoms with E-state index in [4.69, 9.17) is 50.9 Å². The van der Waals surface area contributed by atoms with Gasteiger partial charge in [-0.15, -0.1) is 0 Å². The van der Waals surface area contributed by atoms with Gasteiger partial charge < -0.3 is 23.2 Å². The van der Waals surface area contributed by atoms with Gasteiger partial charge in [0.05, 0.1) is 40.6 Å². The number of hydrogen-bond donors (Lipinski definition) is 1. The first-order valence-corrected chi connectivity index (χ1v) is 17.4. The number of ketones is 1. The molecule has 0 aliphatic heterocycles. The van der Waals surface area contributed by atoms with Crippen molar-refractivity contribution in [1.29, 1.82) is 0 Å². The number of halogens is 2. The lowest BCUT2D eigenvalue weighted by Gasteiger charge is -2.40. The minimum absolute atomic E-state index is 0.0202. The summed E-state index contributed by atoms with van der Waals surface area (Å²) in [5.74, 6) is 3.08. The van der Waals surface area contributed by atoms with E-state index in [0.717, 1.165) is 61.3 Å². The average Bonchev–Trinajstić information content (AvgIpc) is 3.49. The van der Waals surface area contributed by atoms with E-state index in [1.807, 2.05) is 13.0 Å². The van der Waals surface area contributed by atoms with Crippen LogP contribution in [0.25, 0.3) is 11.3 Å². The average molecular weight is 715 g/mol. The molecule has 3 fully saturated rings. The number of oxazole rings is 2. The maximum atomic E-state index is 11.8. The van der Waals surface area contributed by atoms with Crippen LogP contribution in [0.1, 0.15) is 105 Å². The van der Waals surface area contributed by atoms with E-state index in [1.165, 1.54) is 13.3 Å². The Balaban J connectivity index is 0.000000333. The van der Waals surface area contributed by atoms with Crippen LogP contribution in [0.4, 0.5) is 0 Å². The van der Waals surface area contributed by atoms with E-state index in [9.17, 15) is 9.90 Å². The van der Waals surface area contributed by atoms with Crippen LogP contribution in [0.15, 0.2) is 38.0 Å². The topological polar surface area (TPSA) is 159 Å². The standard InChI is InChI=1S/C28H30Cl2N2O5.C7H11NO.CO2/c1-14(33)10-23-15(2)36-27(31-23)28(34)17-8-9-18(28)12-19(11-17)35-13-20-25(32-37-26(20)16-6-7-16)24-21(29)4-3-5-22(24)30;1-3-4-7-6(2)9-5-8-7;2-1-3/h3-5,16-19,34H,6-13H2,1-2H3;5H,3-4H2,1-2H3;/t17-,18+,19?,28?;;. The molecule has 3 saturated carbocycles. The van der Waals surface area contributed by atoms with E-state index in [2.05, 4.69) is 22.0 Å². The summed E-state index contributed by atoms with van der Waals surface area (Å²) in [6.45, 7) is 7.75. The smallest absolute Gasteiger partial charge is 0.373 e. The molecule has 0 spiro atoms. The normalized spacial score (nSPS) is 22.5. The first kappa shape index (κ1) is 36.7. The SMILES string of the molecule is CC(=O)Cc1nc(C2(O)[C@@H]3CC[C@H]2CC(OCc2c(-c4c(Cl)cccc4Cl)noc2C2CC2)C3)oc1C.CCCc1ncoc1C.O=C=O. The van der Waals surface area contributed by atoms with Gasteiger partial charge in [-0.25, -0.2) is 9.97 Å². The lowest BCUT2D eigenvalue weighted by molar-refractivity contribution is -0.191. The molecular weight excluding hydrogens is 673 g/mol. The Hall–Kier alpha value is -3.60. The van der Waals surface area contributed by atoms with Gasteiger partial charge in [0, 0.05) is 17.0 Å². The zero-order valence-electron chi connectivity index (χ0n) is 28.1. The molecule has 0 radical (unpaired) electrons. The largest absolute Gasteiger partial charge is 0.449 e. The summed E-state index contributed by atoms with van der Waals surface area (Å²) in [6, 6.07) is 5.40. The van der Waals surface area contributed by atoms with Gasteiger partial charge in [0.15, 0.2) is 6.39 Å².